The molecule has 25 heavy (non-hydrogen) atoms. The minimum atomic E-state index is -0.0589. The van der Waals surface area contributed by atoms with Crippen molar-refractivity contribution in [1.82, 2.24) is 24.8 Å². The van der Waals surface area contributed by atoms with Crippen molar-refractivity contribution < 1.29 is 5.11 Å². The van der Waals surface area contributed by atoms with Gasteiger partial charge in [0.15, 0.2) is 0 Å². The van der Waals surface area contributed by atoms with Crippen LogP contribution in [0.2, 0.25) is 0 Å². The van der Waals surface area contributed by atoms with Gasteiger partial charge in [-0.1, -0.05) is 0 Å². The molecule has 0 bridgehead atoms. The van der Waals surface area contributed by atoms with Crippen molar-refractivity contribution >= 4 is 16.9 Å². The fourth-order valence-electron chi connectivity index (χ4n) is 4.36. The van der Waals surface area contributed by atoms with Gasteiger partial charge < -0.3 is 20.3 Å². The Morgan fingerprint density at radius 2 is 1.96 bits per heavy atom. The van der Waals surface area contributed by atoms with Crippen LogP contribution in [-0.4, -0.2) is 62.8 Å². The molecule has 2 aliphatic rings. The minimum Gasteiger partial charge on any atom is -0.376 e. The van der Waals surface area contributed by atoms with Crippen molar-refractivity contribution in [3.63, 3.8) is 0 Å². The second kappa shape index (κ2) is 7.27. The molecule has 1 saturated carbocycles. The number of aryl methyl sites for hydroxylation is 1. The summed E-state index contributed by atoms with van der Waals surface area (Å²) in [5.41, 5.74) is 1.90. The number of hydrogen-bond acceptors (Lipinski definition) is 6. The summed E-state index contributed by atoms with van der Waals surface area (Å²) < 4.78 is 1.76. The number of aliphatic hydroxyl groups excluding tert-OH is 1. The Hall–Kier alpha value is -1.70. The minimum absolute atomic E-state index is 0.0589. The zero-order chi connectivity index (χ0) is 17.2. The Labute approximate surface area is 148 Å². The Bertz CT molecular complexity index is 716. The van der Waals surface area contributed by atoms with Crippen LogP contribution in [0.5, 0.6) is 0 Å². The van der Waals surface area contributed by atoms with Gasteiger partial charge in [0, 0.05) is 44.5 Å². The van der Waals surface area contributed by atoms with E-state index in [0.29, 0.717) is 6.04 Å². The Morgan fingerprint density at radius 1 is 1.20 bits per heavy atom. The summed E-state index contributed by atoms with van der Waals surface area (Å²) in [6.07, 6.45) is 8.39. The van der Waals surface area contributed by atoms with Gasteiger partial charge in [0.1, 0.15) is 24.5 Å². The standard InChI is InChI=1S/C18H28N6O/c1-13-10-24(12-25)18-16(13)17(20-11-21-18)22-14-2-4-15(5-3-14)23-8-6-19-7-9-23/h10-11,14-15,19,25H,2-9,12H2,1H3,(H,20,21,22)/t14-,15-. The summed E-state index contributed by atoms with van der Waals surface area (Å²) >= 11 is 0. The van der Waals surface area contributed by atoms with Gasteiger partial charge >= 0.3 is 0 Å². The molecule has 0 spiro atoms. The van der Waals surface area contributed by atoms with E-state index in [1.807, 2.05) is 13.1 Å². The average Bonchev–Trinajstić information content (AvgIpc) is 3.00. The first-order valence-corrected chi connectivity index (χ1v) is 9.39. The fourth-order valence-corrected chi connectivity index (χ4v) is 4.36. The number of nitrogens with zero attached hydrogens (tertiary/aromatic N) is 4. The average molecular weight is 344 g/mol. The molecule has 2 aromatic heterocycles. The highest BCUT2D eigenvalue weighted by atomic mass is 16.3. The number of aliphatic hydroxyl groups is 1. The van der Waals surface area contributed by atoms with E-state index in [2.05, 4.69) is 25.5 Å². The summed E-state index contributed by atoms with van der Waals surface area (Å²) in [5.74, 6) is 0.903. The normalized spacial score (nSPS) is 25.4. The molecule has 2 fully saturated rings. The molecule has 0 atom stereocenters. The maximum atomic E-state index is 9.49. The summed E-state index contributed by atoms with van der Waals surface area (Å²) in [6, 6.07) is 1.21. The molecule has 0 unspecified atom stereocenters. The first kappa shape index (κ1) is 16.8. The summed E-state index contributed by atoms with van der Waals surface area (Å²) in [6.45, 7) is 6.60. The fraction of sp³-hybridized carbons (Fsp3) is 0.667. The predicted molar refractivity (Wildman–Crippen MR) is 98.6 cm³/mol. The third-order valence-electron chi connectivity index (χ3n) is 5.70. The van der Waals surface area contributed by atoms with Crippen LogP contribution < -0.4 is 10.6 Å². The first-order valence-electron chi connectivity index (χ1n) is 9.39. The highest BCUT2D eigenvalue weighted by Crippen LogP contribution is 2.29. The lowest BCUT2D eigenvalue weighted by Gasteiger charge is -2.39. The van der Waals surface area contributed by atoms with Crippen LogP contribution in [0.1, 0.15) is 31.2 Å². The Morgan fingerprint density at radius 3 is 2.68 bits per heavy atom. The van der Waals surface area contributed by atoms with Gasteiger partial charge in [-0.25, -0.2) is 9.97 Å². The Kier molecular flexibility index (Phi) is 4.87. The summed E-state index contributed by atoms with van der Waals surface area (Å²) in [7, 11) is 0. The van der Waals surface area contributed by atoms with Gasteiger partial charge in [-0.05, 0) is 38.2 Å². The van der Waals surface area contributed by atoms with Crippen molar-refractivity contribution in [3.8, 4) is 0 Å². The molecule has 1 aliphatic heterocycles. The molecule has 3 N–H and O–H groups in total. The first-order chi connectivity index (χ1) is 12.3. The predicted octanol–water partition coefficient (Wildman–Crippen LogP) is 1.32. The molecule has 1 saturated heterocycles. The van der Waals surface area contributed by atoms with Crippen LogP contribution in [0.3, 0.4) is 0 Å². The number of aromatic nitrogens is 3. The van der Waals surface area contributed by atoms with Gasteiger partial charge in [0.05, 0.1) is 5.39 Å². The number of hydrogen-bond donors (Lipinski definition) is 3. The molecule has 7 heteroatoms. The second-order valence-electron chi connectivity index (χ2n) is 7.28. The SMILES string of the molecule is Cc1cn(CO)c2ncnc(N[C@H]3CC[C@H](N4CCNCC4)CC3)c12. The quantitative estimate of drug-likeness (QED) is 0.776. The van der Waals surface area contributed by atoms with Crippen LogP contribution in [0.15, 0.2) is 12.5 Å². The lowest BCUT2D eigenvalue weighted by atomic mass is 9.89. The monoisotopic (exact) mass is 344 g/mol. The van der Waals surface area contributed by atoms with Gasteiger partial charge in [-0.2, -0.15) is 0 Å². The zero-order valence-corrected chi connectivity index (χ0v) is 14.9. The largest absolute Gasteiger partial charge is 0.376 e. The van der Waals surface area contributed by atoms with Gasteiger partial charge in [0.2, 0.25) is 0 Å². The number of rotatable bonds is 4. The lowest BCUT2D eigenvalue weighted by molar-refractivity contribution is 0.135. The molecular formula is C18H28N6O. The zero-order valence-electron chi connectivity index (χ0n) is 14.9. The van der Waals surface area contributed by atoms with E-state index in [4.69, 9.17) is 0 Å². The lowest BCUT2D eigenvalue weighted by Crippen LogP contribution is -2.50. The molecular weight excluding hydrogens is 316 g/mol. The van der Waals surface area contributed by atoms with Crippen molar-refractivity contribution in [2.75, 3.05) is 31.5 Å². The highest BCUT2D eigenvalue weighted by Gasteiger charge is 2.27. The molecule has 4 rings (SSSR count). The highest BCUT2D eigenvalue weighted by molar-refractivity contribution is 5.90. The van der Waals surface area contributed by atoms with E-state index in [1.54, 1.807) is 10.9 Å². The van der Waals surface area contributed by atoms with E-state index in [9.17, 15) is 5.11 Å². The van der Waals surface area contributed by atoms with Gasteiger partial charge in [0.25, 0.3) is 0 Å². The summed E-state index contributed by atoms with van der Waals surface area (Å²) in [5, 5.41) is 17.6. The Balaban J connectivity index is 1.43. The van der Waals surface area contributed by atoms with E-state index in [1.165, 1.54) is 38.8 Å². The summed E-state index contributed by atoms with van der Waals surface area (Å²) in [4.78, 5) is 11.5. The second-order valence-corrected chi connectivity index (χ2v) is 7.28. The molecule has 2 aromatic rings. The number of anilines is 1. The third-order valence-corrected chi connectivity index (χ3v) is 5.70. The molecule has 3 heterocycles. The van der Waals surface area contributed by atoms with Crippen LogP contribution in [0.25, 0.3) is 11.0 Å². The van der Waals surface area contributed by atoms with Crippen molar-refractivity contribution in [3.05, 3.63) is 18.1 Å². The van der Waals surface area contributed by atoms with Crippen LogP contribution in [0, 0.1) is 6.92 Å². The number of piperazine rings is 1. The van der Waals surface area contributed by atoms with Crippen LogP contribution in [-0.2, 0) is 6.73 Å². The molecule has 1 aliphatic carbocycles. The van der Waals surface area contributed by atoms with Crippen LogP contribution >= 0.6 is 0 Å². The van der Waals surface area contributed by atoms with Crippen LogP contribution in [0.4, 0.5) is 5.82 Å². The number of nitrogens with one attached hydrogen (secondary N) is 2. The van der Waals surface area contributed by atoms with Gasteiger partial charge in [-0.3, -0.25) is 4.90 Å². The number of fused-ring (bicyclic) bond motifs is 1. The van der Waals surface area contributed by atoms with E-state index in [-0.39, 0.29) is 6.73 Å². The third kappa shape index (κ3) is 3.36. The van der Waals surface area contributed by atoms with Crippen molar-refractivity contribution in [1.29, 1.82) is 0 Å². The maximum Gasteiger partial charge on any atom is 0.147 e. The maximum absolute atomic E-state index is 9.49. The van der Waals surface area contributed by atoms with E-state index < -0.39 is 0 Å². The smallest absolute Gasteiger partial charge is 0.147 e. The molecule has 0 aromatic carbocycles. The van der Waals surface area contributed by atoms with E-state index in [0.717, 1.165) is 41.5 Å². The topological polar surface area (TPSA) is 78.2 Å². The van der Waals surface area contributed by atoms with E-state index >= 15 is 0 Å². The van der Waals surface area contributed by atoms with Crippen molar-refractivity contribution in [2.45, 2.75) is 51.4 Å². The van der Waals surface area contributed by atoms with Gasteiger partial charge in [-0.15, -0.1) is 0 Å². The molecule has 7 nitrogen and oxygen atoms in total. The molecule has 0 radical (unpaired) electrons. The molecule has 0 amide bonds. The van der Waals surface area contributed by atoms with Crippen molar-refractivity contribution in [2.24, 2.45) is 0 Å². The molecule has 136 valence electrons.